The van der Waals surface area contributed by atoms with E-state index in [4.69, 9.17) is 11.6 Å². The quantitative estimate of drug-likeness (QED) is 0.756. The summed E-state index contributed by atoms with van der Waals surface area (Å²) in [5, 5.41) is 0.0529. The van der Waals surface area contributed by atoms with Gasteiger partial charge in [-0.3, -0.25) is 9.78 Å². The molecule has 0 atom stereocenters. The molecule has 16 heavy (non-hydrogen) atoms. The first-order valence-corrected chi connectivity index (χ1v) is 7.13. The molecule has 0 spiro atoms. The van der Waals surface area contributed by atoms with Gasteiger partial charge in [-0.1, -0.05) is 0 Å². The Morgan fingerprint density at radius 2 is 2.00 bits per heavy atom. The van der Waals surface area contributed by atoms with Crippen molar-refractivity contribution in [2.24, 2.45) is 0 Å². The van der Waals surface area contributed by atoms with Crippen LogP contribution in [0, 0.1) is 0 Å². The van der Waals surface area contributed by atoms with Crippen molar-refractivity contribution in [1.29, 1.82) is 0 Å². The summed E-state index contributed by atoms with van der Waals surface area (Å²) in [5.74, 6) is 0.247. The fourth-order valence-corrected chi connectivity index (χ4v) is 3.50. The molecule has 0 radical (unpaired) electrons. The van der Waals surface area contributed by atoms with Crippen molar-refractivity contribution in [3.8, 4) is 0 Å². The second kappa shape index (κ2) is 4.18. The standard InChI is InChI=1S/C9H11ClN2O3S/c10-9-11-5-7(8(13)12-9)6-1-3-16(14,15)4-2-6/h5-6H,1-4H2,(H,11,12,13). The third kappa shape index (κ3) is 2.44. The zero-order chi connectivity index (χ0) is 11.8. The molecule has 2 heterocycles. The van der Waals surface area contributed by atoms with Crippen LogP contribution in [0.3, 0.4) is 0 Å². The summed E-state index contributed by atoms with van der Waals surface area (Å²) in [6.45, 7) is 0. The van der Waals surface area contributed by atoms with E-state index in [2.05, 4.69) is 9.97 Å². The number of halogens is 1. The largest absolute Gasteiger partial charge is 0.297 e. The third-order valence-corrected chi connectivity index (χ3v) is 4.70. The highest BCUT2D eigenvalue weighted by Gasteiger charge is 2.26. The molecule has 1 aromatic rings. The highest BCUT2D eigenvalue weighted by molar-refractivity contribution is 7.91. The number of nitrogens with one attached hydrogen (secondary N) is 1. The van der Waals surface area contributed by atoms with E-state index in [0.29, 0.717) is 18.4 Å². The maximum atomic E-state index is 11.6. The molecule has 1 saturated heterocycles. The Hall–Kier alpha value is -0.880. The van der Waals surface area contributed by atoms with E-state index in [0.717, 1.165) is 0 Å². The Morgan fingerprint density at radius 3 is 2.56 bits per heavy atom. The summed E-state index contributed by atoms with van der Waals surface area (Å²) in [6, 6.07) is 0. The summed E-state index contributed by atoms with van der Waals surface area (Å²) in [5.41, 5.74) is 0.253. The molecule has 1 aliphatic heterocycles. The van der Waals surface area contributed by atoms with E-state index >= 15 is 0 Å². The average molecular weight is 263 g/mol. The van der Waals surface area contributed by atoms with Crippen LogP contribution in [0.1, 0.15) is 24.3 Å². The molecule has 1 N–H and O–H groups in total. The first-order valence-electron chi connectivity index (χ1n) is 4.93. The Bertz CT molecular complexity index is 538. The molecule has 1 fully saturated rings. The maximum absolute atomic E-state index is 11.6. The molecule has 0 saturated carbocycles. The van der Waals surface area contributed by atoms with Gasteiger partial charge in [0.05, 0.1) is 11.5 Å². The zero-order valence-corrected chi connectivity index (χ0v) is 10.0. The predicted molar refractivity (Wildman–Crippen MR) is 60.5 cm³/mol. The number of rotatable bonds is 1. The monoisotopic (exact) mass is 262 g/mol. The Labute approximate surface area is 97.8 Å². The van der Waals surface area contributed by atoms with E-state index in [1.54, 1.807) is 0 Å². The van der Waals surface area contributed by atoms with Crippen LogP contribution in [0.4, 0.5) is 0 Å². The molecular formula is C9H11ClN2O3S. The van der Waals surface area contributed by atoms with Gasteiger partial charge < -0.3 is 0 Å². The molecule has 0 bridgehead atoms. The van der Waals surface area contributed by atoms with E-state index < -0.39 is 9.84 Å². The van der Waals surface area contributed by atoms with Crippen LogP contribution in [-0.4, -0.2) is 29.9 Å². The number of hydrogen-bond donors (Lipinski definition) is 1. The molecule has 1 aliphatic rings. The molecular weight excluding hydrogens is 252 g/mol. The minimum Gasteiger partial charge on any atom is -0.297 e. The second-order valence-electron chi connectivity index (χ2n) is 3.88. The maximum Gasteiger partial charge on any atom is 0.255 e. The van der Waals surface area contributed by atoms with Crippen LogP contribution in [0.2, 0.25) is 5.28 Å². The fourth-order valence-electron chi connectivity index (χ4n) is 1.87. The molecule has 2 rings (SSSR count). The number of aromatic amines is 1. The lowest BCUT2D eigenvalue weighted by molar-refractivity contribution is 0.547. The first kappa shape index (κ1) is 11.6. The molecule has 0 aromatic carbocycles. The van der Waals surface area contributed by atoms with Crippen LogP contribution >= 0.6 is 11.6 Å². The second-order valence-corrected chi connectivity index (χ2v) is 6.55. The van der Waals surface area contributed by atoms with Crippen LogP contribution < -0.4 is 5.56 Å². The number of sulfone groups is 1. The van der Waals surface area contributed by atoms with Gasteiger partial charge >= 0.3 is 0 Å². The summed E-state index contributed by atoms with van der Waals surface area (Å²) in [7, 11) is -2.90. The van der Waals surface area contributed by atoms with Crippen LogP contribution in [0.5, 0.6) is 0 Å². The number of H-pyrrole nitrogens is 1. The smallest absolute Gasteiger partial charge is 0.255 e. The van der Waals surface area contributed by atoms with Gasteiger partial charge in [0, 0.05) is 11.8 Å². The first-order chi connectivity index (χ1) is 7.48. The lowest BCUT2D eigenvalue weighted by Gasteiger charge is -2.20. The van der Waals surface area contributed by atoms with Crippen molar-refractivity contribution in [3.63, 3.8) is 0 Å². The Balaban J connectivity index is 2.24. The minimum absolute atomic E-state index is 0.0305. The van der Waals surface area contributed by atoms with Crippen LogP contribution in [-0.2, 0) is 9.84 Å². The van der Waals surface area contributed by atoms with Gasteiger partial charge in [-0.05, 0) is 30.4 Å². The summed E-state index contributed by atoms with van der Waals surface area (Å²) >= 11 is 5.54. The predicted octanol–water partition coefficient (Wildman–Crippen LogP) is 0.716. The average Bonchev–Trinajstić information content (AvgIpc) is 2.19. The molecule has 0 unspecified atom stereocenters. The van der Waals surface area contributed by atoms with Gasteiger partial charge in [-0.2, -0.15) is 0 Å². The van der Waals surface area contributed by atoms with E-state index in [1.165, 1.54) is 6.20 Å². The van der Waals surface area contributed by atoms with Crippen LogP contribution in [0.15, 0.2) is 11.0 Å². The fraction of sp³-hybridized carbons (Fsp3) is 0.556. The lowest BCUT2D eigenvalue weighted by atomic mass is 9.96. The highest BCUT2D eigenvalue weighted by atomic mass is 35.5. The number of nitrogens with zero attached hydrogens (tertiary/aromatic N) is 1. The van der Waals surface area contributed by atoms with Gasteiger partial charge in [0.25, 0.3) is 5.56 Å². The van der Waals surface area contributed by atoms with Crippen LogP contribution in [0.25, 0.3) is 0 Å². The van der Waals surface area contributed by atoms with Gasteiger partial charge in [0.1, 0.15) is 9.84 Å². The Morgan fingerprint density at radius 1 is 1.38 bits per heavy atom. The van der Waals surface area contributed by atoms with E-state index in [1.807, 2.05) is 0 Å². The van der Waals surface area contributed by atoms with Crippen molar-refractivity contribution in [2.45, 2.75) is 18.8 Å². The lowest BCUT2D eigenvalue weighted by Crippen LogP contribution is -2.26. The minimum atomic E-state index is -2.90. The van der Waals surface area contributed by atoms with Crippen molar-refractivity contribution in [2.75, 3.05) is 11.5 Å². The molecule has 88 valence electrons. The molecule has 0 aliphatic carbocycles. The van der Waals surface area contributed by atoms with Crippen molar-refractivity contribution < 1.29 is 8.42 Å². The molecule has 1 aromatic heterocycles. The Kier molecular flexibility index (Phi) is 3.03. The molecule has 7 heteroatoms. The SMILES string of the molecule is O=c1[nH]c(Cl)ncc1C1CCS(=O)(=O)CC1. The number of aromatic nitrogens is 2. The molecule has 0 amide bonds. The third-order valence-electron chi connectivity index (χ3n) is 2.79. The van der Waals surface area contributed by atoms with Gasteiger partial charge in [-0.25, -0.2) is 13.4 Å². The van der Waals surface area contributed by atoms with Crippen molar-refractivity contribution in [3.05, 3.63) is 27.4 Å². The summed E-state index contributed by atoms with van der Waals surface area (Å²) in [6.07, 6.45) is 2.40. The van der Waals surface area contributed by atoms with E-state index in [-0.39, 0.29) is 28.3 Å². The summed E-state index contributed by atoms with van der Waals surface area (Å²) in [4.78, 5) is 17.8. The van der Waals surface area contributed by atoms with Crippen molar-refractivity contribution in [1.82, 2.24) is 9.97 Å². The topological polar surface area (TPSA) is 79.9 Å². The normalized spacial score (nSPS) is 20.8. The molecule has 5 nitrogen and oxygen atoms in total. The van der Waals surface area contributed by atoms with Crippen molar-refractivity contribution >= 4 is 21.4 Å². The highest BCUT2D eigenvalue weighted by Crippen LogP contribution is 2.26. The van der Waals surface area contributed by atoms with Gasteiger partial charge in [0.2, 0.25) is 5.28 Å². The number of hydrogen-bond acceptors (Lipinski definition) is 4. The zero-order valence-electron chi connectivity index (χ0n) is 8.44. The van der Waals surface area contributed by atoms with Gasteiger partial charge in [0.15, 0.2) is 0 Å². The van der Waals surface area contributed by atoms with Gasteiger partial charge in [-0.15, -0.1) is 0 Å². The van der Waals surface area contributed by atoms with E-state index in [9.17, 15) is 13.2 Å². The summed E-state index contributed by atoms with van der Waals surface area (Å²) < 4.78 is 22.5.